The van der Waals surface area contributed by atoms with Gasteiger partial charge < -0.3 is 15.2 Å². The summed E-state index contributed by atoms with van der Waals surface area (Å²) in [5.41, 5.74) is -0.692. The third-order valence-electron chi connectivity index (χ3n) is 6.40. The van der Waals surface area contributed by atoms with E-state index in [9.17, 15) is 19.5 Å². The van der Waals surface area contributed by atoms with Gasteiger partial charge in [0.05, 0.1) is 18.3 Å². The van der Waals surface area contributed by atoms with Crippen LogP contribution in [0.4, 0.5) is 0 Å². The summed E-state index contributed by atoms with van der Waals surface area (Å²) in [5, 5.41) is 12.6. The van der Waals surface area contributed by atoms with Gasteiger partial charge in [-0.3, -0.25) is 19.1 Å². The van der Waals surface area contributed by atoms with E-state index in [0.29, 0.717) is 18.4 Å². The zero-order valence-corrected chi connectivity index (χ0v) is 21.6. The lowest BCUT2D eigenvalue weighted by Crippen LogP contribution is -2.33. The average Bonchev–Trinajstić information content (AvgIpc) is 3.16. The fourth-order valence-corrected chi connectivity index (χ4v) is 4.39. The van der Waals surface area contributed by atoms with Crippen molar-refractivity contribution in [1.29, 1.82) is 0 Å². The molecule has 0 bridgehead atoms. The number of rotatable bonds is 10. The molecule has 2 heterocycles. The van der Waals surface area contributed by atoms with Crippen LogP contribution in [0.2, 0.25) is 0 Å². The molecule has 0 saturated carbocycles. The highest BCUT2D eigenvalue weighted by Crippen LogP contribution is 2.42. The van der Waals surface area contributed by atoms with Crippen molar-refractivity contribution in [1.82, 2.24) is 14.9 Å². The number of carbonyl (C=O) groups is 1. The Hall–Kier alpha value is -2.19. The number of H-pyrrole nitrogens is 1. The molecule has 0 aromatic carbocycles. The molecule has 0 spiro atoms. The molecule has 8 heteroatoms. The maximum absolute atomic E-state index is 12.4. The van der Waals surface area contributed by atoms with Crippen LogP contribution >= 0.6 is 0 Å². The highest BCUT2D eigenvalue weighted by Gasteiger charge is 2.42. The van der Waals surface area contributed by atoms with Crippen molar-refractivity contribution in [3.63, 3.8) is 0 Å². The van der Waals surface area contributed by atoms with Crippen molar-refractivity contribution in [3.8, 4) is 0 Å². The van der Waals surface area contributed by atoms with E-state index in [-0.39, 0.29) is 35.5 Å². The number of nitrogens with zero attached hydrogens (tertiary/aromatic N) is 1. The minimum atomic E-state index is -0.593. The van der Waals surface area contributed by atoms with Crippen molar-refractivity contribution in [2.75, 3.05) is 13.2 Å². The summed E-state index contributed by atoms with van der Waals surface area (Å²) in [6, 6.07) is 0. The van der Waals surface area contributed by atoms with Gasteiger partial charge in [0, 0.05) is 18.8 Å². The fraction of sp³-hybridized carbons (Fsp3) is 0.731. The van der Waals surface area contributed by atoms with Gasteiger partial charge in [0.1, 0.15) is 6.23 Å². The lowest BCUT2D eigenvalue weighted by atomic mass is 9.76. The molecule has 0 radical (unpaired) electrons. The van der Waals surface area contributed by atoms with E-state index in [1.165, 1.54) is 35.8 Å². The molecular formula is C26H43N3O5. The average molecular weight is 478 g/mol. The van der Waals surface area contributed by atoms with Gasteiger partial charge in [-0.25, -0.2) is 4.79 Å². The van der Waals surface area contributed by atoms with E-state index >= 15 is 0 Å². The number of aliphatic hydroxyl groups is 1. The number of aliphatic hydroxyl groups excluding tert-OH is 1. The zero-order valence-electron chi connectivity index (χ0n) is 21.6. The summed E-state index contributed by atoms with van der Waals surface area (Å²) in [6.07, 6.45) is 9.22. The smallest absolute Gasteiger partial charge is 0.330 e. The van der Waals surface area contributed by atoms with Crippen molar-refractivity contribution >= 4 is 12.0 Å². The molecule has 0 unspecified atom stereocenters. The first-order valence-electron chi connectivity index (χ1n) is 12.4. The van der Waals surface area contributed by atoms with Gasteiger partial charge in [0.15, 0.2) is 0 Å². The van der Waals surface area contributed by atoms with E-state index in [2.05, 4.69) is 51.8 Å². The SMILES string of the molecule is CC(C)(C)CCCCCCNC(=O)/C=C/c1cn([C@H]2C[C@@H](C(C)(C)C)[C@@H](CO)O2)c(=O)[nH]c1=O. The third-order valence-corrected chi connectivity index (χ3v) is 6.40. The molecule has 8 nitrogen and oxygen atoms in total. The van der Waals surface area contributed by atoms with Crippen LogP contribution in [-0.2, 0) is 9.53 Å². The van der Waals surface area contributed by atoms with Gasteiger partial charge in [-0.2, -0.15) is 0 Å². The molecule has 3 N–H and O–H groups in total. The molecule has 34 heavy (non-hydrogen) atoms. The lowest BCUT2D eigenvalue weighted by molar-refractivity contribution is -0.116. The number of hydrogen-bond acceptors (Lipinski definition) is 5. The minimum Gasteiger partial charge on any atom is -0.394 e. The van der Waals surface area contributed by atoms with Crippen LogP contribution < -0.4 is 16.6 Å². The van der Waals surface area contributed by atoms with Crippen LogP contribution in [0, 0.1) is 16.7 Å². The Labute approximate surface area is 202 Å². The second-order valence-electron chi connectivity index (χ2n) is 11.6. The maximum Gasteiger partial charge on any atom is 0.330 e. The molecule has 3 atom stereocenters. The van der Waals surface area contributed by atoms with Crippen LogP contribution in [0.3, 0.4) is 0 Å². The van der Waals surface area contributed by atoms with E-state index in [1.54, 1.807) is 0 Å². The molecule has 1 fully saturated rings. The second kappa shape index (κ2) is 12.0. The monoisotopic (exact) mass is 477 g/mol. The summed E-state index contributed by atoms with van der Waals surface area (Å²) < 4.78 is 7.27. The fourth-order valence-electron chi connectivity index (χ4n) is 4.39. The zero-order chi connectivity index (χ0) is 25.5. The summed E-state index contributed by atoms with van der Waals surface area (Å²) in [7, 11) is 0. The van der Waals surface area contributed by atoms with Crippen LogP contribution in [0.25, 0.3) is 6.08 Å². The normalized spacial score (nSPS) is 21.3. The highest BCUT2D eigenvalue weighted by molar-refractivity contribution is 5.91. The number of aromatic amines is 1. The van der Waals surface area contributed by atoms with Gasteiger partial charge in [-0.1, -0.05) is 60.8 Å². The standard InChI is InChI=1S/C26H43N3O5/c1-25(2,3)13-9-7-8-10-14-27-21(31)12-11-18-16-29(24(33)28-23(18)32)22-15-19(26(4,5)6)20(17-30)34-22/h11-12,16,19-20,22,30H,7-10,13-15,17H2,1-6H3,(H,27,31)(H,28,32,33)/b12-11+/t19-,20-,22-/m1/s1. The predicted molar refractivity (Wildman–Crippen MR) is 134 cm³/mol. The van der Waals surface area contributed by atoms with Crippen molar-refractivity contribution in [3.05, 3.63) is 38.7 Å². The summed E-state index contributed by atoms with van der Waals surface area (Å²) >= 11 is 0. The summed E-state index contributed by atoms with van der Waals surface area (Å²) in [4.78, 5) is 39.2. The molecule has 1 aliphatic heterocycles. The minimum absolute atomic E-state index is 0.0551. The maximum atomic E-state index is 12.4. The number of carbonyl (C=O) groups excluding carboxylic acids is 1. The van der Waals surface area contributed by atoms with Crippen LogP contribution in [0.1, 0.15) is 91.9 Å². The van der Waals surface area contributed by atoms with E-state index < -0.39 is 17.5 Å². The van der Waals surface area contributed by atoms with Gasteiger partial charge in [0.25, 0.3) is 5.56 Å². The number of amides is 1. The van der Waals surface area contributed by atoms with Crippen LogP contribution in [0.15, 0.2) is 21.9 Å². The number of hydrogen-bond donors (Lipinski definition) is 3. The highest BCUT2D eigenvalue weighted by atomic mass is 16.5. The summed E-state index contributed by atoms with van der Waals surface area (Å²) in [6.45, 7) is 13.4. The van der Waals surface area contributed by atoms with Crippen molar-refractivity contribution in [2.45, 2.75) is 92.4 Å². The van der Waals surface area contributed by atoms with Crippen molar-refractivity contribution in [2.24, 2.45) is 16.7 Å². The molecule has 1 amide bonds. The van der Waals surface area contributed by atoms with Gasteiger partial charge in [0.2, 0.25) is 5.91 Å². The Morgan fingerprint density at radius 3 is 2.44 bits per heavy atom. The molecule has 1 saturated heterocycles. The summed E-state index contributed by atoms with van der Waals surface area (Å²) in [5.74, 6) is -0.225. The topological polar surface area (TPSA) is 113 Å². The first-order valence-corrected chi connectivity index (χ1v) is 12.4. The Kier molecular flexibility index (Phi) is 9.88. The number of nitrogens with one attached hydrogen (secondary N) is 2. The largest absolute Gasteiger partial charge is 0.394 e. The van der Waals surface area contributed by atoms with Gasteiger partial charge in [-0.05, 0) is 42.1 Å². The molecule has 1 aromatic rings. The third kappa shape index (κ3) is 8.55. The molecule has 1 aliphatic rings. The molecule has 1 aromatic heterocycles. The molecular weight excluding hydrogens is 434 g/mol. The van der Waals surface area contributed by atoms with Crippen LogP contribution in [0.5, 0.6) is 0 Å². The van der Waals surface area contributed by atoms with Gasteiger partial charge in [-0.15, -0.1) is 0 Å². The molecule has 0 aliphatic carbocycles. The second-order valence-corrected chi connectivity index (χ2v) is 11.6. The quantitative estimate of drug-likeness (QED) is 0.352. The van der Waals surface area contributed by atoms with E-state index in [4.69, 9.17) is 4.74 Å². The Morgan fingerprint density at radius 2 is 1.85 bits per heavy atom. The first-order chi connectivity index (χ1) is 15.8. The Bertz CT molecular complexity index is 949. The number of ether oxygens (including phenoxy) is 1. The predicted octanol–water partition coefficient (Wildman–Crippen LogP) is 3.60. The van der Waals surface area contributed by atoms with E-state index in [1.807, 2.05) is 0 Å². The lowest BCUT2D eigenvalue weighted by Gasteiger charge is -2.29. The Morgan fingerprint density at radius 1 is 1.18 bits per heavy atom. The molecule has 192 valence electrons. The van der Waals surface area contributed by atoms with Gasteiger partial charge >= 0.3 is 5.69 Å². The Balaban J connectivity index is 1.94. The number of unbranched alkanes of at least 4 members (excludes halogenated alkanes) is 3. The molecule has 2 rings (SSSR count). The van der Waals surface area contributed by atoms with Crippen LogP contribution in [-0.4, -0.2) is 39.8 Å². The van der Waals surface area contributed by atoms with E-state index in [0.717, 1.165) is 19.3 Å². The number of aromatic nitrogens is 2. The first kappa shape index (κ1) is 28.1. The van der Waals surface area contributed by atoms with Crippen molar-refractivity contribution < 1.29 is 14.6 Å².